The van der Waals surface area contributed by atoms with Gasteiger partial charge in [-0.15, -0.1) is 11.6 Å². The zero-order valence-electron chi connectivity index (χ0n) is 26.0. The van der Waals surface area contributed by atoms with Gasteiger partial charge in [0.2, 0.25) is 0 Å². The van der Waals surface area contributed by atoms with Crippen molar-refractivity contribution in [1.82, 2.24) is 24.8 Å². The normalized spacial score (nSPS) is 17.5. The molecule has 0 atom stereocenters. The fourth-order valence-corrected chi connectivity index (χ4v) is 6.84. The van der Waals surface area contributed by atoms with Crippen LogP contribution in [0.4, 0.5) is 19.0 Å². The van der Waals surface area contributed by atoms with Gasteiger partial charge in [-0.05, 0) is 63.9 Å². The third-order valence-electron chi connectivity index (χ3n) is 8.99. The predicted molar refractivity (Wildman–Crippen MR) is 168 cm³/mol. The number of carbonyl (C=O) groups is 1. The number of nitrogens with zero attached hydrogens (tertiary/aromatic N) is 6. The van der Waals surface area contributed by atoms with E-state index in [1.807, 2.05) is 12.3 Å². The molecule has 6 rings (SSSR count). The molecule has 246 valence electrons. The minimum absolute atomic E-state index is 0.0385. The van der Waals surface area contributed by atoms with Gasteiger partial charge in [0.15, 0.2) is 11.6 Å². The third kappa shape index (κ3) is 6.88. The van der Waals surface area contributed by atoms with Crippen LogP contribution in [-0.4, -0.2) is 87.8 Å². The lowest BCUT2D eigenvalue weighted by atomic mass is 9.61. The van der Waals surface area contributed by atoms with E-state index in [9.17, 15) is 18.0 Å². The summed E-state index contributed by atoms with van der Waals surface area (Å²) < 4.78 is 53.4. The number of benzene rings is 1. The summed E-state index contributed by atoms with van der Waals surface area (Å²) in [6.45, 7) is 6.72. The quantitative estimate of drug-likeness (QED) is 0.221. The van der Waals surface area contributed by atoms with Crippen molar-refractivity contribution >= 4 is 23.3 Å². The van der Waals surface area contributed by atoms with Crippen molar-refractivity contribution in [2.24, 2.45) is 5.41 Å². The average Bonchev–Trinajstić information content (AvgIpc) is 3.00. The molecule has 2 fully saturated rings. The largest absolute Gasteiger partial charge is 0.490 e. The van der Waals surface area contributed by atoms with Crippen LogP contribution in [0.25, 0.3) is 0 Å². The summed E-state index contributed by atoms with van der Waals surface area (Å²) in [7, 11) is 0. The highest BCUT2D eigenvalue weighted by molar-refractivity contribution is 6.17. The van der Waals surface area contributed by atoms with Crippen LogP contribution in [0.2, 0.25) is 0 Å². The number of fused-ring (bicyclic) bond motifs is 1. The molecule has 0 unspecified atom stereocenters. The first-order chi connectivity index (χ1) is 22.1. The van der Waals surface area contributed by atoms with Crippen molar-refractivity contribution in [3.63, 3.8) is 0 Å². The summed E-state index contributed by atoms with van der Waals surface area (Å²) in [5.74, 6) is 1.01. The number of halogens is 4. The Bertz CT molecular complexity index is 1550. The first-order valence-corrected chi connectivity index (χ1v) is 16.2. The Morgan fingerprint density at radius 1 is 1.15 bits per heavy atom. The molecule has 9 nitrogen and oxygen atoms in total. The monoisotopic (exact) mass is 658 g/mol. The van der Waals surface area contributed by atoms with E-state index < -0.39 is 30.7 Å². The number of pyridine rings is 1. The van der Waals surface area contributed by atoms with Crippen LogP contribution in [-0.2, 0) is 13.0 Å². The van der Waals surface area contributed by atoms with Crippen LogP contribution < -0.4 is 14.4 Å². The molecule has 1 spiro atoms. The molecular weight excluding hydrogens is 621 g/mol. The number of carbonyl (C=O) groups excluding carboxylic acids is 1. The number of hydrogen-bond donors (Lipinski definition) is 0. The maximum absolute atomic E-state index is 14.3. The van der Waals surface area contributed by atoms with E-state index in [0.29, 0.717) is 11.7 Å². The van der Waals surface area contributed by atoms with Crippen LogP contribution in [0.15, 0.2) is 43.0 Å². The van der Waals surface area contributed by atoms with Crippen molar-refractivity contribution < 1.29 is 27.4 Å². The zero-order valence-corrected chi connectivity index (χ0v) is 26.7. The van der Waals surface area contributed by atoms with E-state index in [1.165, 1.54) is 24.2 Å². The van der Waals surface area contributed by atoms with Gasteiger partial charge < -0.3 is 19.3 Å². The molecule has 0 bridgehead atoms. The molecule has 46 heavy (non-hydrogen) atoms. The van der Waals surface area contributed by atoms with Crippen molar-refractivity contribution in [2.45, 2.75) is 64.6 Å². The molecule has 3 aliphatic rings. The molecule has 0 N–H and O–H groups in total. The highest BCUT2D eigenvalue weighted by atomic mass is 35.5. The minimum atomic E-state index is -2.74. The highest BCUT2D eigenvalue weighted by Crippen LogP contribution is 2.52. The molecular formula is C33H38ClF3N6O3. The van der Waals surface area contributed by atoms with E-state index in [1.54, 1.807) is 13.8 Å². The summed E-state index contributed by atoms with van der Waals surface area (Å²) in [6, 6.07) is 4.93. The van der Waals surface area contributed by atoms with E-state index >= 15 is 0 Å². The van der Waals surface area contributed by atoms with Crippen LogP contribution in [0.3, 0.4) is 0 Å². The second kappa shape index (κ2) is 13.6. The molecule has 1 amide bonds. The molecule has 2 aliphatic heterocycles. The van der Waals surface area contributed by atoms with Crippen molar-refractivity contribution in [3.05, 3.63) is 65.6 Å². The summed E-state index contributed by atoms with van der Waals surface area (Å²) >= 11 is 5.92. The SMILES string of the molecule is CC(C)N(CC(F)F)C(=O)c1cc(F)ccc1Oc1cncnc1N1CC2(CC(Oc3ccnc4c3CN(CCCCl)CC4)C2)C1. The summed E-state index contributed by atoms with van der Waals surface area (Å²) in [5, 5.41) is 0. The Kier molecular flexibility index (Phi) is 9.56. The fraction of sp³-hybridized carbons (Fsp3) is 0.515. The second-order valence-electron chi connectivity index (χ2n) is 12.7. The topological polar surface area (TPSA) is 83.9 Å². The molecule has 1 saturated heterocycles. The van der Waals surface area contributed by atoms with Crippen LogP contribution in [0.1, 0.15) is 54.7 Å². The molecule has 1 saturated carbocycles. The lowest BCUT2D eigenvalue weighted by molar-refractivity contribution is -0.0352. The maximum atomic E-state index is 14.3. The van der Waals surface area contributed by atoms with Crippen molar-refractivity contribution in [1.29, 1.82) is 0 Å². The van der Waals surface area contributed by atoms with Gasteiger partial charge in [-0.3, -0.25) is 14.7 Å². The first-order valence-electron chi connectivity index (χ1n) is 15.7. The van der Waals surface area contributed by atoms with E-state index in [4.69, 9.17) is 21.1 Å². The van der Waals surface area contributed by atoms with Gasteiger partial charge in [-0.2, -0.15) is 0 Å². The van der Waals surface area contributed by atoms with Gasteiger partial charge in [0.1, 0.15) is 29.7 Å². The Balaban J connectivity index is 1.10. The molecule has 4 heterocycles. The van der Waals surface area contributed by atoms with E-state index in [2.05, 4.69) is 24.8 Å². The molecule has 2 aromatic heterocycles. The molecule has 13 heteroatoms. The average molecular weight is 659 g/mol. The Labute approximate surface area is 271 Å². The van der Waals surface area contributed by atoms with Gasteiger partial charge >= 0.3 is 0 Å². The number of anilines is 1. The number of alkyl halides is 3. The van der Waals surface area contributed by atoms with Gasteiger partial charge in [0.25, 0.3) is 12.3 Å². The van der Waals surface area contributed by atoms with E-state index in [0.717, 1.165) is 86.9 Å². The lowest BCUT2D eigenvalue weighted by Gasteiger charge is -2.59. The Morgan fingerprint density at radius 3 is 2.70 bits per heavy atom. The lowest BCUT2D eigenvalue weighted by Crippen LogP contribution is -2.65. The molecule has 1 aliphatic carbocycles. The maximum Gasteiger partial charge on any atom is 0.258 e. The van der Waals surface area contributed by atoms with Gasteiger partial charge in [-0.1, -0.05) is 0 Å². The Morgan fingerprint density at radius 2 is 1.96 bits per heavy atom. The number of amides is 1. The summed E-state index contributed by atoms with van der Waals surface area (Å²) in [6.07, 6.45) is 5.78. The first kappa shape index (κ1) is 32.3. The number of aromatic nitrogens is 3. The minimum Gasteiger partial charge on any atom is -0.490 e. The van der Waals surface area contributed by atoms with Crippen LogP contribution in [0.5, 0.6) is 17.2 Å². The van der Waals surface area contributed by atoms with Crippen LogP contribution in [0, 0.1) is 11.2 Å². The zero-order chi connectivity index (χ0) is 32.4. The third-order valence-corrected chi connectivity index (χ3v) is 9.26. The number of rotatable bonds is 12. The molecule has 0 radical (unpaired) electrons. The van der Waals surface area contributed by atoms with Gasteiger partial charge in [0.05, 0.1) is 18.3 Å². The number of hydrogen-bond acceptors (Lipinski definition) is 8. The highest BCUT2D eigenvalue weighted by Gasteiger charge is 2.54. The van der Waals surface area contributed by atoms with Gasteiger partial charge in [0, 0.05) is 67.4 Å². The number of ether oxygens (including phenoxy) is 2. The van der Waals surface area contributed by atoms with Crippen molar-refractivity contribution in [3.8, 4) is 17.2 Å². The summed E-state index contributed by atoms with van der Waals surface area (Å²) in [5.41, 5.74) is 2.23. The predicted octanol–water partition coefficient (Wildman–Crippen LogP) is 5.95. The smallest absolute Gasteiger partial charge is 0.258 e. The second-order valence-corrected chi connectivity index (χ2v) is 13.1. The van der Waals surface area contributed by atoms with Gasteiger partial charge in [-0.25, -0.2) is 23.1 Å². The molecule has 3 aromatic rings. The fourth-order valence-electron chi connectivity index (χ4n) is 6.72. The Hall–Kier alpha value is -3.64. The van der Waals surface area contributed by atoms with Crippen LogP contribution >= 0.6 is 11.6 Å². The van der Waals surface area contributed by atoms with E-state index in [-0.39, 0.29) is 28.6 Å². The standard InChI is InChI=1S/C33H38ClF3N6O3/c1-21(2)43(17-30(36)37)32(44)24-12-22(35)4-5-27(24)46-29-15-38-20-40-31(29)42-18-33(19-42)13-23(14-33)45-28-6-9-39-26-7-11-41(10-3-8-34)16-25(26)28/h4-6,9,12,15,20-21,23,30H,3,7-8,10-11,13-14,16-19H2,1-2H3. The van der Waals surface area contributed by atoms with Crippen molar-refractivity contribution in [2.75, 3.05) is 43.5 Å². The molecule has 1 aromatic carbocycles. The summed E-state index contributed by atoms with van der Waals surface area (Å²) in [4.78, 5) is 31.9.